The molecule has 0 aliphatic heterocycles. The Hall–Kier alpha value is -5.54. The van der Waals surface area contributed by atoms with Crippen molar-refractivity contribution in [3.8, 4) is 0 Å². The number of amides is 2. The minimum atomic E-state index is -1.26. The summed E-state index contributed by atoms with van der Waals surface area (Å²) in [5.41, 5.74) is 26.5. The highest BCUT2D eigenvalue weighted by Crippen LogP contribution is 2.19. The van der Waals surface area contributed by atoms with Crippen LogP contribution in [0.15, 0.2) is 72.2 Å². The zero-order valence-corrected chi connectivity index (χ0v) is 25.7. The molecule has 2 aromatic heterocycles. The lowest BCUT2D eigenvalue weighted by Gasteiger charge is -2.23. The molecule has 2 heterocycles. The van der Waals surface area contributed by atoms with E-state index in [4.69, 9.17) is 22.9 Å². The number of aliphatic imine (C=N–C) groups is 1. The summed E-state index contributed by atoms with van der Waals surface area (Å²) in [6, 6.07) is 9.86. The Bertz CT molecular complexity index is 1700. The molecule has 0 aliphatic carbocycles. The van der Waals surface area contributed by atoms with Crippen LogP contribution in [0.25, 0.3) is 10.9 Å². The van der Waals surface area contributed by atoms with Gasteiger partial charge in [0.1, 0.15) is 12.1 Å². The number of rotatable bonds is 17. The molecule has 0 spiro atoms. The van der Waals surface area contributed by atoms with E-state index in [1.807, 2.05) is 24.3 Å². The average molecular weight is 645 g/mol. The third kappa shape index (κ3) is 9.72. The molecule has 47 heavy (non-hydrogen) atoms. The van der Waals surface area contributed by atoms with Gasteiger partial charge in [-0.2, -0.15) is 0 Å². The molecule has 0 bridgehead atoms. The van der Waals surface area contributed by atoms with Crippen LogP contribution in [0.4, 0.5) is 0 Å². The highest BCUT2D eigenvalue weighted by molar-refractivity contribution is 6.00. The standard InChI is InChI=1S/C32H40N10O5/c33-23(14-21-16-37-17-40-21)28(43)19-9-7-18(8-10-19)12-24(34)29(44)41-26(6-3-11-38-32(35)36)30(45)42-27(31(46)47)13-20-15-39-25-5-2-1-4-22(20)25/h1-2,4-5,7-10,15-17,23-24,26-27,39H,3,6,11-14,33-34H2,(H,37,40)(H,41,44)(H,42,45)(H,46,47)(H4,35,36,38)/t23-,24-,26-,27-/m0/s1. The van der Waals surface area contributed by atoms with Crippen LogP contribution in [0.5, 0.6) is 0 Å². The van der Waals surface area contributed by atoms with Gasteiger partial charge in [-0.1, -0.05) is 42.5 Å². The van der Waals surface area contributed by atoms with Gasteiger partial charge in [-0.15, -0.1) is 0 Å². The Morgan fingerprint density at radius 2 is 1.60 bits per heavy atom. The van der Waals surface area contributed by atoms with Crippen LogP contribution in [0.2, 0.25) is 0 Å². The predicted molar refractivity (Wildman–Crippen MR) is 176 cm³/mol. The van der Waals surface area contributed by atoms with Gasteiger partial charge in [-0.25, -0.2) is 9.78 Å². The van der Waals surface area contributed by atoms with Crippen molar-refractivity contribution in [3.05, 3.63) is 89.6 Å². The van der Waals surface area contributed by atoms with Crippen molar-refractivity contribution in [2.24, 2.45) is 27.9 Å². The maximum atomic E-state index is 13.4. The SMILES string of the molecule is NC(N)=NCCC[C@H](NC(=O)[C@@H](N)Cc1ccc(C(=O)[C@@H](N)Cc2cnc[nH]2)cc1)C(=O)N[C@@H](Cc1c[nH]c2ccccc12)C(=O)O. The lowest BCUT2D eigenvalue weighted by atomic mass is 9.98. The molecule has 0 unspecified atom stereocenters. The van der Waals surface area contributed by atoms with Crippen LogP contribution in [-0.2, 0) is 33.6 Å². The van der Waals surface area contributed by atoms with E-state index in [0.29, 0.717) is 24.0 Å². The van der Waals surface area contributed by atoms with E-state index in [0.717, 1.165) is 22.2 Å². The van der Waals surface area contributed by atoms with E-state index in [1.54, 1.807) is 36.7 Å². The molecule has 4 rings (SSSR count). The monoisotopic (exact) mass is 644 g/mol. The number of para-hydroxylation sites is 1. The normalized spacial score (nSPS) is 13.7. The maximum absolute atomic E-state index is 13.4. The number of nitrogens with two attached hydrogens (primary N) is 4. The summed E-state index contributed by atoms with van der Waals surface area (Å²) in [5.74, 6) is -2.88. The third-order valence-electron chi connectivity index (χ3n) is 7.65. The summed E-state index contributed by atoms with van der Waals surface area (Å²) in [7, 11) is 0. The van der Waals surface area contributed by atoms with Gasteiger partial charge >= 0.3 is 5.97 Å². The van der Waals surface area contributed by atoms with Gasteiger partial charge in [0, 0.05) is 53.9 Å². The van der Waals surface area contributed by atoms with E-state index in [2.05, 4.69) is 30.6 Å². The molecular weight excluding hydrogens is 604 g/mol. The highest BCUT2D eigenvalue weighted by atomic mass is 16.4. The minimum Gasteiger partial charge on any atom is -0.480 e. The number of benzene rings is 2. The number of carboxylic acids is 1. The largest absolute Gasteiger partial charge is 0.480 e. The molecule has 2 aromatic carbocycles. The number of ketones is 1. The Balaban J connectivity index is 1.38. The van der Waals surface area contributed by atoms with Crippen molar-refractivity contribution in [2.45, 2.75) is 56.3 Å². The fourth-order valence-electron chi connectivity index (χ4n) is 5.14. The Morgan fingerprint density at radius 1 is 0.872 bits per heavy atom. The number of aromatic nitrogens is 3. The number of aliphatic carboxylic acids is 1. The molecule has 0 saturated carbocycles. The summed E-state index contributed by atoms with van der Waals surface area (Å²) in [4.78, 5) is 65.3. The molecule has 4 atom stereocenters. The number of imidazole rings is 1. The van der Waals surface area contributed by atoms with Crippen LogP contribution in [-0.4, -0.2) is 80.3 Å². The van der Waals surface area contributed by atoms with Gasteiger partial charge in [0.15, 0.2) is 11.7 Å². The highest BCUT2D eigenvalue weighted by Gasteiger charge is 2.29. The summed E-state index contributed by atoms with van der Waals surface area (Å²) in [6.07, 6.45) is 5.71. The lowest BCUT2D eigenvalue weighted by Crippen LogP contribution is -2.55. The van der Waals surface area contributed by atoms with Crippen molar-refractivity contribution in [2.75, 3.05) is 6.54 Å². The molecule has 0 aliphatic rings. The lowest BCUT2D eigenvalue weighted by molar-refractivity contribution is -0.142. The molecule has 15 nitrogen and oxygen atoms in total. The van der Waals surface area contributed by atoms with Crippen molar-refractivity contribution >= 4 is 40.4 Å². The Morgan fingerprint density at radius 3 is 2.28 bits per heavy atom. The van der Waals surface area contributed by atoms with Crippen molar-refractivity contribution in [1.82, 2.24) is 25.6 Å². The minimum absolute atomic E-state index is 0.0197. The van der Waals surface area contributed by atoms with E-state index in [-0.39, 0.29) is 37.6 Å². The number of carbonyl (C=O) groups is 4. The molecule has 0 fully saturated rings. The molecule has 2 amide bonds. The zero-order valence-electron chi connectivity index (χ0n) is 25.7. The first kappa shape index (κ1) is 34.3. The second kappa shape index (κ2) is 16.1. The maximum Gasteiger partial charge on any atom is 0.326 e. The molecule has 248 valence electrons. The van der Waals surface area contributed by atoms with Crippen LogP contribution in [0.3, 0.4) is 0 Å². The second-order valence-electron chi connectivity index (χ2n) is 11.2. The first-order valence-corrected chi connectivity index (χ1v) is 15.1. The van der Waals surface area contributed by atoms with E-state index in [9.17, 15) is 24.3 Å². The summed E-state index contributed by atoms with van der Waals surface area (Å²) in [6.45, 7) is 0.197. The number of guanidine groups is 1. The first-order chi connectivity index (χ1) is 22.5. The number of fused-ring (bicyclic) bond motifs is 1. The van der Waals surface area contributed by atoms with Gasteiger partial charge in [0.25, 0.3) is 0 Å². The number of aromatic amines is 2. The first-order valence-electron chi connectivity index (χ1n) is 15.1. The van der Waals surface area contributed by atoms with Gasteiger partial charge < -0.3 is 48.6 Å². The fourth-order valence-corrected chi connectivity index (χ4v) is 5.14. The van der Waals surface area contributed by atoms with Crippen molar-refractivity contribution < 1.29 is 24.3 Å². The molecule has 13 N–H and O–H groups in total. The summed E-state index contributed by atoms with van der Waals surface area (Å²) in [5, 5.41) is 16.0. The number of hydrogen-bond donors (Lipinski definition) is 9. The number of nitrogens with zero attached hydrogens (tertiary/aromatic N) is 2. The van der Waals surface area contributed by atoms with E-state index < -0.39 is 42.0 Å². The number of Topliss-reactive ketones (excluding diaryl/α,β-unsaturated/α-hetero) is 1. The topological polar surface area (TPSA) is 273 Å². The van der Waals surface area contributed by atoms with Crippen LogP contribution >= 0.6 is 0 Å². The molecule has 4 aromatic rings. The van der Waals surface area contributed by atoms with Gasteiger partial charge in [-0.05, 0) is 36.5 Å². The van der Waals surface area contributed by atoms with Crippen molar-refractivity contribution in [1.29, 1.82) is 0 Å². The smallest absolute Gasteiger partial charge is 0.326 e. The zero-order chi connectivity index (χ0) is 33.9. The van der Waals surface area contributed by atoms with Gasteiger partial charge in [-0.3, -0.25) is 19.4 Å². The molecule has 0 radical (unpaired) electrons. The number of nitrogens with one attached hydrogen (secondary N) is 4. The Kier molecular flexibility index (Phi) is 11.8. The molecular formula is C32H40N10O5. The summed E-state index contributed by atoms with van der Waals surface area (Å²) >= 11 is 0. The average Bonchev–Trinajstić information content (AvgIpc) is 3.72. The molecule has 15 heteroatoms. The predicted octanol–water partition coefficient (Wildman–Crippen LogP) is -0.136. The second-order valence-corrected chi connectivity index (χ2v) is 11.2. The van der Waals surface area contributed by atoms with E-state index >= 15 is 0 Å². The van der Waals surface area contributed by atoms with Crippen LogP contribution < -0.4 is 33.6 Å². The number of hydrogen-bond acceptors (Lipinski definition) is 8. The van der Waals surface area contributed by atoms with Crippen LogP contribution in [0.1, 0.15) is 40.0 Å². The third-order valence-corrected chi connectivity index (χ3v) is 7.65. The number of carboxylic acid groups (broad SMARTS) is 1. The quantitative estimate of drug-likeness (QED) is 0.0318. The molecule has 0 saturated heterocycles. The van der Waals surface area contributed by atoms with Gasteiger partial charge in [0.2, 0.25) is 11.8 Å². The van der Waals surface area contributed by atoms with Crippen molar-refractivity contribution in [3.63, 3.8) is 0 Å². The van der Waals surface area contributed by atoms with E-state index in [1.165, 1.54) is 6.33 Å². The van der Waals surface area contributed by atoms with Gasteiger partial charge in [0.05, 0.1) is 18.4 Å². The number of carbonyl (C=O) groups excluding carboxylic acids is 3. The summed E-state index contributed by atoms with van der Waals surface area (Å²) < 4.78 is 0. The Labute approximate surface area is 270 Å². The fraction of sp³-hybridized carbons (Fsp3) is 0.312. The van der Waals surface area contributed by atoms with Crippen LogP contribution in [0, 0.1) is 0 Å². The number of H-pyrrole nitrogens is 2.